The van der Waals surface area contributed by atoms with Gasteiger partial charge in [0.15, 0.2) is 5.76 Å². The Balaban J connectivity index is 1.65. The van der Waals surface area contributed by atoms with Crippen LogP contribution in [0.1, 0.15) is 36.2 Å². The van der Waals surface area contributed by atoms with Crippen LogP contribution in [0.5, 0.6) is 0 Å². The Morgan fingerprint density at radius 1 is 1.09 bits per heavy atom. The lowest BCUT2D eigenvalue weighted by Crippen LogP contribution is -2.23. The summed E-state index contributed by atoms with van der Waals surface area (Å²) in [6.07, 6.45) is 1.48. The largest absolute Gasteiger partial charge is 0.461 e. The SMILES string of the molecule is Cc1ccccc1C(=O)NCc1ccc(C(=O)c2ccco2)s1. The number of benzene rings is 1. The van der Waals surface area contributed by atoms with Crippen molar-refractivity contribution in [1.29, 1.82) is 0 Å². The monoisotopic (exact) mass is 325 g/mol. The van der Waals surface area contributed by atoms with Gasteiger partial charge in [0.05, 0.1) is 17.7 Å². The van der Waals surface area contributed by atoms with E-state index in [9.17, 15) is 9.59 Å². The highest BCUT2D eigenvalue weighted by atomic mass is 32.1. The number of hydrogen-bond acceptors (Lipinski definition) is 4. The van der Waals surface area contributed by atoms with Crippen LogP contribution >= 0.6 is 11.3 Å². The molecule has 4 nitrogen and oxygen atoms in total. The molecule has 1 amide bonds. The van der Waals surface area contributed by atoms with Crippen LogP contribution in [-0.4, -0.2) is 11.7 Å². The Labute approximate surface area is 137 Å². The molecular weight excluding hydrogens is 310 g/mol. The van der Waals surface area contributed by atoms with Crippen LogP contribution in [0.3, 0.4) is 0 Å². The molecule has 0 aliphatic rings. The first kappa shape index (κ1) is 15.2. The number of hydrogen-bond donors (Lipinski definition) is 1. The van der Waals surface area contributed by atoms with Crippen LogP contribution in [0.4, 0.5) is 0 Å². The van der Waals surface area contributed by atoms with Gasteiger partial charge >= 0.3 is 0 Å². The van der Waals surface area contributed by atoms with E-state index in [4.69, 9.17) is 4.42 Å². The summed E-state index contributed by atoms with van der Waals surface area (Å²) in [6, 6.07) is 14.4. The lowest BCUT2D eigenvalue weighted by Gasteiger charge is -2.06. The second-order valence-electron chi connectivity index (χ2n) is 5.07. The minimum Gasteiger partial charge on any atom is -0.461 e. The molecule has 0 atom stereocenters. The number of thiophene rings is 1. The Morgan fingerprint density at radius 2 is 1.91 bits per heavy atom. The van der Waals surface area contributed by atoms with Crippen LogP contribution in [-0.2, 0) is 6.54 Å². The molecule has 0 bridgehead atoms. The summed E-state index contributed by atoms with van der Waals surface area (Å²) in [5.41, 5.74) is 1.60. The highest BCUT2D eigenvalue weighted by Crippen LogP contribution is 2.20. The summed E-state index contributed by atoms with van der Waals surface area (Å²) in [5, 5.41) is 2.88. The fourth-order valence-electron chi connectivity index (χ4n) is 2.21. The number of nitrogens with one attached hydrogen (secondary N) is 1. The third kappa shape index (κ3) is 3.40. The van der Waals surface area contributed by atoms with Gasteiger partial charge in [-0.05, 0) is 42.8 Å². The average Bonchev–Trinajstić information content (AvgIpc) is 3.24. The number of furan rings is 1. The van der Waals surface area contributed by atoms with E-state index in [2.05, 4.69) is 5.32 Å². The maximum Gasteiger partial charge on any atom is 0.251 e. The van der Waals surface area contributed by atoms with Crippen LogP contribution in [0.2, 0.25) is 0 Å². The van der Waals surface area contributed by atoms with Gasteiger partial charge in [-0.15, -0.1) is 11.3 Å². The molecule has 3 rings (SSSR count). The van der Waals surface area contributed by atoms with Gasteiger partial charge in [-0.25, -0.2) is 0 Å². The molecule has 23 heavy (non-hydrogen) atoms. The number of carbonyl (C=O) groups excluding carboxylic acids is 2. The molecule has 2 heterocycles. The van der Waals surface area contributed by atoms with Crippen LogP contribution in [0.15, 0.2) is 59.2 Å². The number of rotatable bonds is 5. The summed E-state index contributed by atoms with van der Waals surface area (Å²) >= 11 is 1.36. The van der Waals surface area contributed by atoms with Crippen LogP contribution in [0.25, 0.3) is 0 Å². The Bertz CT molecular complexity index is 834. The topological polar surface area (TPSA) is 59.3 Å². The van der Waals surface area contributed by atoms with E-state index in [1.807, 2.05) is 31.2 Å². The van der Waals surface area contributed by atoms with Crippen molar-refractivity contribution in [2.24, 2.45) is 0 Å². The third-order valence-corrected chi connectivity index (χ3v) is 4.53. The first-order chi connectivity index (χ1) is 11.1. The van der Waals surface area contributed by atoms with Gasteiger partial charge in [-0.3, -0.25) is 9.59 Å². The fourth-order valence-corrected chi connectivity index (χ4v) is 3.11. The van der Waals surface area contributed by atoms with E-state index < -0.39 is 0 Å². The molecule has 3 aromatic rings. The maximum absolute atomic E-state index is 12.2. The zero-order valence-electron chi connectivity index (χ0n) is 12.5. The highest BCUT2D eigenvalue weighted by molar-refractivity contribution is 7.14. The molecule has 0 aliphatic heterocycles. The van der Waals surface area contributed by atoms with E-state index in [0.717, 1.165) is 10.4 Å². The molecular formula is C18H15NO3S. The molecule has 0 saturated carbocycles. The van der Waals surface area contributed by atoms with Gasteiger partial charge in [0.25, 0.3) is 5.91 Å². The zero-order valence-corrected chi connectivity index (χ0v) is 13.4. The predicted molar refractivity (Wildman–Crippen MR) is 88.8 cm³/mol. The van der Waals surface area contributed by atoms with Crippen molar-refractivity contribution in [3.8, 4) is 0 Å². The molecule has 0 aliphatic carbocycles. The van der Waals surface area contributed by atoms with Crippen LogP contribution < -0.4 is 5.32 Å². The van der Waals surface area contributed by atoms with Crippen molar-refractivity contribution < 1.29 is 14.0 Å². The molecule has 0 radical (unpaired) electrons. The van der Waals surface area contributed by atoms with Crippen molar-refractivity contribution in [1.82, 2.24) is 5.32 Å². The summed E-state index contributed by atoms with van der Waals surface area (Å²) in [5.74, 6) is 0.0641. The molecule has 0 unspecified atom stereocenters. The normalized spacial score (nSPS) is 10.5. The van der Waals surface area contributed by atoms with Crippen molar-refractivity contribution in [3.05, 3.63) is 81.4 Å². The Kier molecular flexibility index (Phi) is 4.39. The highest BCUT2D eigenvalue weighted by Gasteiger charge is 2.15. The van der Waals surface area contributed by atoms with E-state index in [1.165, 1.54) is 17.6 Å². The van der Waals surface area contributed by atoms with E-state index in [0.29, 0.717) is 22.7 Å². The van der Waals surface area contributed by atoms with Gasteiger partial charge in [-0.1, -0.05) is 18.2 Å². The van der Waals surface area contributed by atoms with Gasteiger partial charge in [0.1, 0.15) is 0 Å². The quantitative estimate of drug-likeness (QED) is 0.726. The fraction of sp³-hybridized carbons (Fsp3) is 0.111. The molecule has 2 aromatic heterocycles. The van der Waals surface area contributed by atoms with Crippen molar-refractivity contribution in [2.75, 3.05) is 0 Å². The van der Waals surface area contributed by atoms with Gasteiger partial charge in [0, 0.05) is 10.4 Å². The summed E-state index contributed by atoms with van der Waals surface area (Å²) in [7, 11) is 0. The third-order valence-electron chi connectivity index (χ3n) is 3.44. The number of amides is 1. The zero-order chi connectivity index (χ0) is 16.2. The molecule has 1 aromatic carbocycles. The first-order valence-corrected chi connectivity index (χ1v) is 7.97. The minimum absolute atomic E-state index is 0.115. The molecule has 0 spiro atoms. The average molecular weight is 325 g/mol. The lowest BCUT2D eigenvalue weighted by molar-refractivity contribution is 0.0950. The van der Waals surface area contributed by atoms with Gasteiger partial charge in [0.2, 0.25) is 5.78 Å². The summed E-state index contributed by atoms with van der Waals surface area (Å²) in [6.45, 7) is 2.30. The van der Waals surface area contributed by atoms with Gasteiger partial charge in [-0.2, -0.15) is 0 Å². The number of ketones is 1. The van der Waals surface area contributed by atoms with Gasteiger partial charge < -0.3 is 9.73 Å². The summed E-state index contributed by atoms with van der Waals surface area (Å²) in [4.78, 5) is 25.8. The first-order valence-electron chi connectivity index (χ1n) is 7.16. The molecule has 1 N–H and O–H groups in total. The molecule has 116 valence electrons. The minimum atomic E-state index is -0.142. The van der Waals surface area contributed by atoms with E-state index in [-0.39, 0.29) is 11.7 Å². The van der Waals surface area contributed by atoms with Crippen LogP contribution in [0, 0.1) is 6.92 Å². The lowest BCUT2D eigenvalue weighted by atomic mass is 10.1. The van der Waals surface area contributed by atoms with Crippen molar-refractivity contribution in [3.63, 3.8) is 0 Å². The summed E-state index contributed by atoms with van der Waals surface area (Å²) < 4.78 is 5.12. The molecule has 0 fully saturated rings. The maximum atomic E-state index is 12.2. The molecule has 0 saturated heterocycles. The van der Waals surface area contributed by atoms with E-state index >= 15 is 0 Å². The second kappa shape index (κ2) is 6.62. The Hall–Kier alpha value is -2.66. The van der Waals surface area contributed by atoms with Crippen molar-refractivity contribution >= 4 is 23.0 Å². The molecule has 5 heteroatoms. The number of aryl methyl sites for hydroxylation is 1. The van der Waals surface area contributed by atoms with E-state index in [1.54, 1.807) is 24.3 Å². The predicted octanol–water partition coefficient (Wildman–Crippen LogP) is 3.81. The number of carbonyl (C=O) groups is 2. The van der Waals surface area contributed by atoms with Crippen molar-refractivity contribution in [2.45, 2.75) is 13.5 Å². The standard InChI is InChI=1S/C18H15NO3S/c1-12-5-2-3-6-14(12)18(21)19-11-13-8-9-16(23-13)17(20)15-7-4-10-22-15/h2-10H,11H2,1H3,(H,19,21). The Morgan fingerprint density at radius 3 is 2.65 bits per heavy atom. The second-order valence-corrected chi connectivity index (χ2v) is 6.24. The smallest absolute Gasteiger partial charge is 0.251 e.